The van der Waals surface area contributed by atoms with Gasteiger partial charge in [-0.2, -0.15) is 4.31 Å². The quantitative estimate of drug-likeness (QED) is 0.709. The normalized spacial score (nSPS) is 18.8. The highest BCUT2D eigenvalue weighted by Crippen LogP contribution is 2.38. The number of amides is 2. The summed E-state index contributed by atoms with van der Waals surface area (Å²) in [5, 5.41) is 5.35. The number of nitrogens with zero attached hydrogens (tertiary/aromatic N) is 1. The number of hydrogen-bond acceptors (Lipinski definition) is 5. The molecule has 0 radical (unpaired) electrons. The van der Waals surface area contributed by atoms with E-state index >= 15 is 0 Å². The molecule has 2 aliphatic rings. The van der Waals surface area contributed by atoms with Crippen molar-refractivity contribution in [2.45, 2.75) is 37.1 Å². The van der Waals surface area contributed by atoms with E-state index in [-0.39, 0.29) is 40.6 Å². The molecule has 8 nitrogen and oxygen atoms in total. The van der Waals surface area contributed by atoms with Crippen LogP contribution in [-0.2, 0) is 26.0 Å². The summed E-state index contributed by atoms with van der Waals surface area (Å²) in [6.45, 7) is 2.04. The largest absolute Gasteiger partial charge is 0.482 e. The number of nitrogens with one attached hydrogen (secondary N) is 2. The van der Waals surface area contributed by atoms with Gasteiger partial charge in [-0.15, -0.1) is 0 Å². The Morgan fingerprint density at radius 2 is 2.03 bits per heavy atom. The summed E-state index contributed by atoms with van der Waals surface area (Å²) >= 11 is 6.24. The number of fused-ring (bicyclic) bond motifs is 1. The molecule has 0 unspecified atom stereocenters. The molecular formula is C21H22ClN3O5S. The predicted octanol–water partition coefficient (Wildman–Crippen LogP) is 3.03. The van der Waals surface area contributed by atoms with Crippen LogP contribution in [0.5, 0.6) is 5.75 Å². The second kappa shape index (κ2) is 8.49. The molecule has 164 valence electrons. The van der Waals surface area contributed by atoms with Gasteiger partial charge in [-0.05, 0) is 43.0 Å². The van der Waals surface area contributed by atoms with E-state index in [1.807, 2.05) is 19.1 Å². The maximum absolute atomic E-state index is 13.4. The van der Waals surface area contributed by atoms with Crippen molar-refractivity contribution in [3.05, 3.63) is 47.0 Å². The summed E-state index contributed by atoms with van der Waals surface area (Å²) in [4.78, 5) is 24.2. The first kappa shape index (κ1) is 21.6. The van der Waals surface area contributed by atoms with Crippen molar-refractivity contribution in [3.8, 4) is 5.75 Å². The second-order valence-electron chi connectivity index (χ2n) is 7.43. The fourth-order valence-electron chi connectivity index (χ4n) is 3.74. The van der Waals surface area contributed by atoms with Gasteiger partial charge < -0.3 is 15.4 Å². The van der Waals surface area contributed by atoms with Gasteiger partial charge >= 0.3 is 0 Å². The molecular weight excluding hydrogens is 442 g/mol. The van der Waals surface area contributed by atoms with E-state index in [0.717, 1.165) is 12.0 Å². The Hall–Kier alpha value is -2.62. The molecule has 2 aliphatic heterocycles. The van der Waals surface area contributed by atoms with Gasteiger partial charge in [0.25, 0.3) is 5.91 Å². The van der Waals surface area contributed by atoms with Crippen LogP contribution in [0.2, 0.25) is 5.02 Å². The van der Waals surface area contributed by atoms with E-state index in [1.165, 1.54) is 16.4 Å². The second-order valence-corrected chi connectivity index (χ2v) is 9.70. The number of aryl methyl sites for hydroxylation is 1. The molecule has 0 bridgehead atoms. The Morgan fingerprint density at radius 3 is 2.74 bits per heavy atom. The molecule has 31 heavy (non-hydrogen) atoms. The minimum Gasteiger partial charge on any atom is -0.482 e. The molecule has 1 fully saturated rings. The van der Waals surface area contributed by atoms with Gasteiger partial charge in [-0.3, -0.25) is 9.59 Å². The predicted molar refractivity (Wildman–Crippen MR) is 117 cm³/mol. The zero-order valence-electron chi connectivity index (χ0n) is 16.9. The Morgan fingerprint density at radius 1 is 1.29 bits per heavy atom. The lowest BCUT2D eigenvalue weighted by molar-refractivity contribution is -0.119. The van der Waals surface area contributed by atoms with Gasteiger partial charge in [0.2, 0.25) is 15.9 Å². The van der Waals surface area contributed by atoms with Crippen molar-refractivity contribution in [2.24, 2.45) is 0 Å². The molecule has 0 spiro atoms. The topological polar surface area (TPSA) is 105 Å². The van der Waals surface area contributed by atoms with Crippen molar-refractivity contribution in [1.82, 2.24) is 4.31 Å². The first-order chi connectivity index (χ1) is 14.8. The molecule has 2 aromatic rings. The van der Waals surface area contributed by atoms with E-state index < -0.39 is 16.1 Å². The first-order valence-corrected chi connectivity index (χ1v) is 11.8. The molecule has 2 N–H and O–H groups in total. The number of carbonyl (C=O) groups is 2. The van der Waals surface area contributed by atoms with E-state index in [4.69, 9.17) is 16.3 Å². The van der Waals surface area contributed by atoms with Gasteiger partial charge in [0.15, 0.2) is 6.61 Å². The third-order valence-corrected chi connectivity index (χ3v) is 7.76. The summed E-state index contributed by atoms with van der Waals surface area (Å²) in [7, 11) is -4.07. The van der Waals surface area contributed by atoms with Crippen LogP contribution in [0, 0.1) is 0 Å². The fraction of sp³-hybridized carbons (Fsp3) is 0.333. The average Bonchev–Trinajstić information content (AvgIpc) is 3.25. The van der Waals surface area contributed by atoms with E-state index in [0.29, 0.717) is 24.2 Å². The molecule has 10 heteroatoms. The number of ether oxygens (including phenoxy) is 1. The Balaban J connectivity index is 1.58. The summed E-state index contributed by atoms with van der Waals surface area (Å²) in [5.41, 5.74) is 2.07. The van der Waals surface area contributed by atoms with Crippen LogP contribution in [0.25, 0.3) is 0 Å². The molecule has 0 aliphatic carbocycles. The van der Waals surface area contributed by atoms with Gasteiger partial charge in [-0.25, -0.2) is 8.42 Å². The summed E-state index contributed by atoms with van der Waals surface area (Å²) in [6, 6.07) is 9.25. The van der Waals surface area contributed by atoms with Gasteiger partial charge in [-0.1, -0.05) is 30.7 Å². The van der Waals surface area contributed by atoms with E-state index in [2.05, 4.69) is 10.6 Å². The summed E-state index contributed by atoms with van der Waals surface area (Å²) in [6.07, 6.45) is 1.85. The van der Waals surface area contributed by atoms with Crippen LogP contribution >= 0.6 is 11.6 Å². The van der Waals surface area contributed by atoms with Crippen molar-refractivity contribution in [3.63, 3.8) is 0 Å². The van der Waals surface area contributed by atoms with Crippen molar-refractivity contribution < 1.29 is 22.7 Å². The summed E-state index contributed by atoms with van der Waals surface area (Å²) in [5.74, 6) is -0.510. The smallest absolute Gasteiger partial charge is 0.262 e. The molecule has 0 saturated carbocycles. The zero-order chi connectivity index (χ0) is 22.2. The van der Waals surface area contributed by atoms with Crippen LogP contribution in [0.4, 0.5) is 11.4 Å². The summed E-state index contributed by atoms with van der Waals surface area (Å²) < 4.78 is 33.3. The lowest BCUT2D eigenvalue weighted by Crippen LogP contribution is -2.43. The van der Waals surface area contributed by atoms with E-state index in [9.17, 15) is 18.0 Å². The molecule has 2 aromatic carbocycles. The fourth-order valence-corrected chi connectivity index (χ4v) is 5.92. The van der Waals surface area contributed by atoms with Crippen LogP contribution in [-0.4, -0.2) is 43.7 Å². The zero-order valence-corrected chi connectivity index (χ0v) is 18.4. The highest BCUT2D eigenvalue weighted by molar-refractivity contribution is 7.89. The first-order valence-electron chi connectivity index (χ1n) is 9.97. The Bertz CT molecular complexity index is 1130. The molecule has 1 saturated heterocycles. The van der Waals surface area contributed by atoms with Crippen LogP contribution in [0.1, 0.15) is 25.3 Å². The van der Waals surface area contributed by atoms with Crippen molar-refractivity contribution in [1.29, 1.82) is 0 Å². The number of benzene rings is 2. The van der Waals surface area contributed by atoms with Crippen LogP contribution < -0.4 is 15.4 Å². The molecule has 1 atom stereocenters. The lowest BCUT2D eigenvalue weighted by Gasteiger charge is -2.25. The molecule has 4 rings (SSSR count). The average molecular weight is 464 g/mol. The van der Waals surface area contributed by atoms with Crippen molar-refractivity contribution >= 4 is 44.8 Å². The Labute approximate surface area is 185 Å². The van der Waals surface area contributed by atoms with Crippen LogP contribution in [0.3, 0.4) is 0 Å². The minimum absolute atomic E-state index is 0.0502. The van der Waals surface area contributed by atoms with Gasteiger partial charge in [0, 0.05) is 18.3 Å². The highest BCUT2D eigenvalue weighted by Gasteiger charge is 2.41. The molecule has 2 heterocycles. The third kappa shape index (κ3) is 4.26. The monoisotopic (exact) mass is 463 g/mol. The Kier molecular flexibility index (Phi) is 5.92. The minimum atomic E-state index is -4.07. The number of hydrogen-bond donors (Lipinski definition) is 2. The maximum Gasteiger partial charge on any atom is 0.262 e. The highest BCUT2D eigenvalue weighted by atomic mass is 35.5. The maximum atomic E-state index is 13.4. The SMILES string of the molecule is CCc1ccc(NC(=O)[C@@H]2CCCN2S(=O)(=O)c2cc3c(cc2Cl)NC(=O)CO3)cc1. The lowest BCUT2D eigenvalue weighted by atomic mass is 10.1. The van der Waals surface area contributed by atoms with Crippen molar-refractivity contribution in [2.75, 3.05) is 23.8 Å². The molecule has 0 aromatic heterocycles. The van der Waals surface area contributed by atoms with Gasteiger partial charge in [0.1, 0.15) is 16.7 Å². The van der Waals surface area contributed by atoms with Crippen LogP contribution in [0.15, 0.2) is 41.3 Å². The number of rotatable bonds is 5. The number of halogens is 1. The number of sulfonamides is 1. The van der Waals surface area contributed by atoms with Gasteiger partial charge in [0.05, 0.1) is 10.7 Å². The van der Waals surface area contributed by atoms with E-state index in [1.54, 1.807) is 12.1 Å². The number of anilines is 2. The number of carbonyl (C=O) groups excluding carboxylic acids is 2. The molecule has 2 amide bonds. The standard InChI is InChI=1S/C21H22ClN3O5S/c1-2-13-5-7-14(8-6-13)23-21(27)17-4-3-9-25(17)31(28,29)19-11-18-16(10-15(19)22)24-20(26)12-30-18/h5-8,10-11,17H,2-4,9,12H2,1H3,(H,23,27)(H,24,26)/t17-/m0/s1. The third-order valence-electron chi connectivity index (χ3n) is 5.39.